The average molecular weight is 270 g/mol. The van der Waals surface area contributed by atoms with Crippen LogP contribution in [0.1, 0.15) is 16.7 Å². The summed E-state index contributed by atoms with van der Waals surface area (Å²) < 4.78 is 0. The van der Waals surface area contributed by atoms with Crippen molar-refractivity contribution < 1.29 is 4.79 Å². The highest BCUT2D eigenvalue weighted by Crippen LogP contribution is 2.18. The summed E-state index contributed by atoms with van der Waals surface area (Å²) in [5.41, 5.74) is 3.56. The molecule has 0 saturated carbocycles. The van der Waals surface area contributed by atoms with E-state index in [1.807, 2.05) is 30.3 Å². The largest absolute Gasteiger partial charge is 0.298 e. The molecule has 2 aromatic carbocycles. The second-order valence-electron chi connectivity index (χ2n) is 4.75. The fourth-order valence-electron chi connectivity index (χ4n) is 1.93. The van der Waals surface area contributed by atoms with Crippen molar-refractivity contribution in [3.63, 3.8) is 0 Å². The van der Waals surface area contributed by atoms with Crippen LogP contribution in [0.15, 0.2) is 53.4 Å². The highest BCUT2D eigenvalue weighted by Gasteiger charge is 2.07. The topological polar surface area (TPSA) is 17.1 Å². The minimum absolute atomic E-state index is 0.280. The Hall–Kier alpha value is -1.54. The molecule has 2 rings (SSSR count). The number of hydrogen-bond acceptors (Lipinski definition) is 2. The zero-order valence-corrected chi connectivity index (χ0v) is 12.2. The summed E-state index contributed by atoms with van der Waals surface area (Å²) in [6.07, 6.45) is 0.535. The van der Waals surface area contributed by atoms with Crippen molar-refractivity contribution in [3.8, 4) is 0 Å². The Bertz CT molecular complexity index is 561. The minimum Gasteiger partial charge on any atom is -0.298 e. The Labute approximate surface area is 119 Å². The summed E-state index contributed by atoms with van der Waals surface area (Å²) in [5, 5.41) is 0. The van der Waals surface area contributed by atoms with Gasteiger partial charge in [0.15, 0.2) is 0 Å². The molecule has 0 atom stereocenters. The van der Waals surface area contributed by atoms with Gasteiger partial charge in [-0.25, -0.2) is 0 Å². The van der Waals surface area contributed by atoms with Gasteiger partial charge in [-0.05, 0) is 37.1 Å². The summed E-state index contributed by atoms with van der Waals surface area (Å²) in [4.78, 5) is 13.2. The first-order valence-electron chi connectivity index (χ1n) is 6.41. The van der Waals surface area contributed by atoms with Crippen molar-refractivity contribution in [1.29, 1.82) is 0 Å². The minimum atomic E-state index is 0.280. The lowest BCUT2D eigenvalue weighted by atomic mass is 10.0. The Kier molecular flexibility index (Phi) is 4.80. The number of benzene rings is 2. The van der Waals surface area contributed by atoms with Crippen LogP contribution in [0.5, 0.6) is 0 Å². The fraction of sp³-hybridized carbons (Fsp3) is 0.235. The molecule has 0 aliphatic heterocycles. The average Bonchev–Trinajstić information content (AvgIpc) is 2.42. The molecule has 0 radical (unpaired) electrons. The Morgan fingerprint density at radius 2 is 1.79 bits per heavy atom. The number of thioether (sulfide) groups is 1. The van der Waals surface area contributed by atoms with E-state index in [4.69, 9.17) is 0 Å². The standard InChI is InChI=1S/C17H18OS/c1-13-8-9-14(2)15(10-13)11-16(18)12-19-17-6-4-3-5-7-17/h3-10H,11-12H2,1-2H3. The van der Waals surface area contributed by atoms with Gasteiger partial charge in [-0.2, -0.15) is 0 Å². The van der Waals surface area contributed by atoms with E-state index in [1.54, 1.807) is 11.8 Å². The number of aryl methyl sites for hydroxylation is 2. The number of Topliss-reactive ketones (excluding diaryl/α,β-unsaturated/α-hetero) is 1. The zero-order chi connectivity index (χ0) is 13.7. The van der Waals surface area contributed by atoms with Gasteiger partial charge in [0.1, 0.15) is 5.78 Å². The second-order valence-corrected chi connectivity index (χ2v) is 5.80. The van der Waals surface area contributed by atoms with Crippen molar-refractivity contribution in [2.75, 3.05) is 5.75 Å². The predicted octanol–water partition coefficient (Wildman–Crippen LogP) is 4.21. The molecule has 19 heavy (non-hydrogen) atoms. The molecule has 0 fully saturated rings. The molecular weight excluding hydrogens is 252 g/mol. The van der Waals surface area contributed by atoms with E-state index in [9.17, 15) is 4.79 Å². The van der Waals surface area contributed by atoms with Gasteiger partial charge in [-0.3, -0.25) is 4.79 Å². The van der Waals surface area contributed by atoms with E-state index in [0.29, 0.717) is 12.2 Å². The maximum Gasteiger partial charge on any atom is 0.147 e. The first-order chi connectivity index (χ1) is 9.15. The van der Waals surface area contributed by atoms with Crippen molar-refractivity contribution in [1.82, 2.24) is 0 Å². The smallest absolute Gasteiger partial charge is 0.147 e. The second kappa shape index (κ2) is 6.58. The van der Waals surface area contributed by atoms with Gasteiger partial charge in [0, 0.05) is 11.3 Å². The molecule has 2 heteroatoms. The van der Waals surface area contributed by atoms with Gasteiger partial charge in [0.05, 0.1) is 5.75 Å². The van der Waals surface area contributed by atoms with E-state index in [-0.39, 0.29) is 5.78 Å². The SMILES string of the molecule is Cc1ccc(C)c(CC(=O)CSc2ccccc2)c1. The lowest BCUT2D eigenvalue weighted by Gasteiger charge is -2.06. The number of rotatable bonds is 5. The van der Waals surface area contributed by atoms with Gasteiger partial charge in [0.2, 0.25) is 0 Å². The maximum atomic E-state index is 12.0. The van der Waals surface area contributed by atoms with Crippen LogP contribution in [0.25, 0.3) is 0 Å². The van der Waals surface area contributed by atoms with Crippen LogP contribution < -0.4 is 0 Å². The highest BCUT2D eigenvalue weighted by atomic mass is 32.2. The van der Waals surface area contributed by atoms with E-state index >= 15 is 0 Å². The molecule has 0 amide bonds. The molecule has 2 aromatic rings. The summed E-state index contributed by atoms with van der Waals surface area (Å²) in [5.74, 6) is 0.819. The van der Waals surface area contributed by atoms with Crippen molar-refractivity contribution in [2.45, 2.75) is 25.2 Å². The van der Waals surface area contributed by atoms with Crippen LogP contribution in [0, 0.1) is 13.8 Å². The third-order valence-electron chi connectivity index (χ3n) is 3.04. The monoisotopic (exact) mass is 270 g/mol. The first-order valence-corrected chi connectivity index (χ1v) is 7.39. The third-order valence-corrected chi connectivity index (χ3v) is 4.11. The molecule has 1 nitrogen and oxygen atoms in total. The number of carbonyl (C=O) groups excluding carboxylic acids is 1. The lowest BCUT2D eigenvalue weighted by molar-refractivity contribution is -0.116. The Morgan fingerprint density at radius 3 is 2.53 bits per heavy atom. The molecule has 0 bridgehead atoms. The molecule has 98 valence electrons. The van der Waals surface area contributed by atoms with Gasteiger partial charge in [-0.15, -0.1) is 11.8 Å². The Balaban J connectivity index is 1.93. The van der Waals surface area contributed by atoms with Crippen molar-refractivity contribution in [3.05, 3.63) is 65.2 Å². The lowest BCUT2D eigenvalue weighted by Crippen LogP contribution is -2.07. The normalized spacial score (nSPS) is 10.4. The third kappa shape index (κ3) is 4.25. The summed E-state index contributed by atoms with van der Waals surface area (Å²) in [6, 6.07) is 16.3. The summed E-state index contributed by atoms with van der Waals surface area (Å²) in [6.45, 7) is 4.12. The van der Waals surface area contributed by atoms with Crippen LogP contribution in [0.3, 0.4) is 0 Å². The molecule has 0 spiro atoms. The van der Waals surface area contributed by atoms with Gasteiger partial charge >= 0.3 is 0 Å². The highest BCUT2D eigenvalue weighted by molar-refractivity contribution is 8.00. The molecule has 0 N–H and O–H groups in total. The van der Waals surface area contributed by atoms with Crippen LogP contribution >= 0.6 is 11.8 Å². The number of carbonyl (C=O) groups is 1. The van der Waals surface area contributed by atoms with Crippen molar-refractivity contribution in [2.24, 2.45) is 0 Å². The van der Waals surface area contributed by atoms with Crippen molar-refractivity contribution >= 4 is 17.5 Å². The quantitative estimate of drug-likeness (QED) is 0.757. The molecule has 0 aromatic heterocycles. The first kappa shape index (κ1) is 13.9. The number of ketones is 1. The zero-order valence-electron chi connectivity index (χ0n) is 11.3. The molecule has 0 unspecified atom stereocenters. The van der Waals surface area contributed by atoms with E-state index < -0.39 is 0 Å². The Morgan fingerprint density at radius 1 is 1.05 bits per heavy atom. The van der Waals surface area contributed by atoms with Crippen LogP contribution in [-0.4, -0.2) is 11.5 Å². The van der Waals surface area contributed by atoms with Crippen LogP contribution in [-0.2, 0) is 11.2 Å². The van der Waals surface area contributed by atoms with Crippen LogP contribution in [0.4, 0.5) is 0 Å². The molecule has 0 aliphatic rings. The van der Waals surface area contributed by atoms with Crippen LogP contribution in [0.2, 0.25) is 0 Å². The summed E-state index contributed by atoms with van der Waals surface area (Å²) >= 11 is 1.61. The molecule has 0 aliphatic carbocycles. The predicted molar refractivity (Wildman–Crippen MR) is 81.8 cm³/mol. The molecule has 0 heterocycles. The summed E-state index contributed by atoms with van der Waals surface area (Å²) in [7, 11) is 0. The van der Waals surface area contributed by atoms with E-state index in [2.05, 4.69) is 32.0 Å². The molecular formula is C17H18OS. The van der Waals surface area contributed by atoms with E-state index in [0.717, 1.165) is 10.5 Å². The number of hydrogen-bond donors (Lipinski definition) is 0. The van der Waals surface area contributed by atoms with Gasteiger partial charge in [-0.1, -0.05) is 42.0 Å². The van der Waals surface area contributed by atoms with Gasteiger partial charge < -0.3 is 0 Å². The molecule has 0 saturated heterocycles. The van der Waals surface area contributed by atoms with Gasteiger partial charge in [0.25, 0.3) is 0 Å². The van der Waals surface area contributed by atoms with E-state index in [1.165, 1.54) is 11.1 Å². The fourth-order valence-corrected chi connectivity index (χ4v) is 2.71. The maximum absolute atomic E-state index is 12.0.